The van der Waals surface area contributed by atoms with E-state index in [1.807, 2.05) is 0 Å². The van der Waals surface area contributed by atoms with Crippen molar-refractivity contribution in [1.29, 1.82) is 0 Å². The quantitative estimate of drug-likeness (QED) is 0.640. The van der Waals surface area contributed by atoms with Gasteiger partial charge >= 0.3 is 0 Å². The van der Waals surface area contributed by atoms with Crippen molar-refractivity contribution in [3.8, 4) is 0 Å². The van der Waals surface area contributed by atoms with Crippen LogP contribution in [-0.4, -0.2) is 5.78 Å². The molecule has 0 radical (unpaired) electrons. The Hall–Kier alpha value is -0.330. The summed E-state index contributed by atoms with van der Waals surface area (Å²) in [6, 6.07) is 0. The Balaban J connectivity index is 2.40. The molecule has 20 heavy (non-hydrogen) atoms. The van der Waals surface area contributed by atoms with Crippen LogP contribution in [0.4, 0.5) is 0 Å². The molecule has 0 bridgehead atoms. The molecule has 2 aliphatic carbocycles. The second-order valence-corrected chi connectivity index (χ2v) is 9.78. The van der Waals surface area contributed by atoms with Crippen LogP contribution in [0.15, 0.2) is 0 Å². The van der Waals surface area contributed by atoms with Crippen molar-refractivity contribution < 1.29 is 4.79 Å². The molecule has 2 rings (SSSR count). The molecule has 0 heterocycles. The summed E-state index contributed by atoms with van der Waals surface area (Å²) in [5, 5.41) is 0. The standard InChI is InChI=1S/C19H34O/c1-14(20)11-15-16(2,3)9-8-10-19(15)12-17(4,5)18(6,7)13-19/h15H,8-13H2,1-7H3. The van der Waals surface area contributed by atoms with E-state index in [0.717, 1.165) is 6.42 Å². The van der Waals surface area contributed by atoms with Gasteiger partial charge in [0.2, 0.25) is 0 Å². The van der Waals surface area contributed by atoms with Crippen LogP contribution in [0.3, 0.4) is 0 Å². The maximum Gasteiger partial charge on any atom is 0.130 e. The zero-order valence-corrected chi connectivity index (χ0v) is 14.7. The lowest BCUT2D eigenvalue weighted by molar-refractivity contribution is -0.122. The molecule has 0 amide bonds. The summed E-state index contributed by atoms with van der Waals surface area (Å²) in [5.74, 6) is 0.953. The molecule has 0 aromatic carbocycles. The lowest BCUT2D eigenvalue weighted by atomic mass is 9.53. The Labute approximate surface area is 125 Å². The van der Waals surface area contributed by atoms with Gasteiger partial charge in [0, 0.05) is 6.42 Å². The van der Waals surface area contributed by atoms with Crippen LogP contribution in [0.5, 0.6) is 0 Å². The van der Waals surface area contributed by atoms with Gasteiger partial charge in [-0.25, -0.2) is 0 Å². The largest absolute Gasteiger partial charge is 0.300 e. The highest BCUT2D eigenvalue weighted by Crippen LogP contribution is 2.69. The third-order valence-electron chi connectivity index (χ3n) is 7.09. The van der Waals surface area contributed by atoms with Gasteiger partial charge in [-0.1, -0.05) is 48.0 Å². The van der Waals surface area contributed by atoms with E-state index in [1.54, 1.807) is 6.92 Å². The van der Waals surface area contributed by atoms with Crippen molar-refractivity contribution in [1.82, 2.24) is 0 Å². The summed E-state index contributed by atoms with van der Waals surface area (Å²) >= 11 is 0. The monoisotopic (exact) mass is 278 g/mol. The van der Waals surface area contributed by atoms with E-state index in [9.17, 15) is 4.79 Å². The van der Waals surface area contributed by atoms with Crippen LogP contribution in [-0.2, 0) is 4.79 Å². The molecule has 1 unspecified atom stereocenters. The maximum absolute atomic E-state index is 11.9. The van der Waals surface area contributed by atoms with Crippen molar-refractivity contribution in [2.45, 2.75) is 87.0 Å². The van der Waals surface area contributed by atoms with Crippen LogP contribution in [0.2, 0.25) is 0 Å². The summed E-state index contributed by atoms with van der Waals surface area (Å²) in [5.41, 5.74) is 1.49. The molecule has 0 aromatic rings. The molecule has 0 aliphatic heterocycles. The van der Waals surface area contributed by atoms with E-state index < -0.39 is 0 Å². The molecular formula is C19H34O. The lowest BCUT2D eigenvalue weighted by Gasteiger charge is -2.52. The number of carbonyl (C=O) groups is 1. The zero-order chi connectivity index (χ0) is 15.4. The Bertz CT molecular complexity index is 384. The van der Waals surface area contributed by atoms with Crippen molar-refractivity contribution in [3.05, 3.63) is 0 Å². The first kappa shape index (κ1) is 16.0. The van der Waals surface area contributed by atoms with Crippen LogP contribution >= 0.6 is 0 Å². The molecule has 1 atom stereocenters. The van der Waals surface area contributed by atoms with Crippen molar-refractivity contribution >= 4 is 5.78 Å². The van der Waals surface area contributed by atoms with E-state index >= 15 is 0 Å². The van der Waals surface area contributed by atoms with E-state index in [0.29, 0.717) is 33.4 Å². The van der Waals surface area contributed by atoms with Crippen molar-refractivity contribution in [2.24, 2.45) is 27.6 Å². The number of Topliss-reactive ketones (excluding diaryl/α,β-unsaturated/α-hetero) is 1. The number of hydrogen-bond acceptors (Lipinski definition) is 1. The van der Waals surface area contributed by atoms with Crippen LogP contribution < -0.4 is 0 Å². The minimum absolute atomic E-state index is 0.320. The van der Waals surface area contributed by atoms with Gasteiger partial charge in [0.1, 0.15) is 5.78 Å². The molecule has 0 aromatic heterocycles. The van der Waals surface area contributed by atoms with Crippen LogP contribution in [0.1, 0.15) is 87.0 Å². The fourth-order valence-electron chi connectivity index (χ4n) is 5.58. The summed E-state index contributed by atoms with van der Waals surface area (Å²) < 4.78 is 0. The molecule has 116 valence electrons. The fourth-order valence-corrected chi connectivity index (χ4v) is 5.58. The summed E-state index contributed by atoms with van der Waals surface area (Å²) in [4.78, 5) is 11.9. The molecule has 0 saturated heterocycles. The van der Waals surface area contributed by atoms with Gasteiger partial charge in [0.05, 0.1) is 0 Å². The normalized spacial score (nSPS) is 33.2. The van der Waals surface area contributed by atoms with Crippen LogP contribution in [0, 0.1) is 27.6 Å². The maximum atomic E-state index is 11.9. The third-order valence-corrected chi connectivity index (χ3v) is 7.09. The van der Waals surface area contributed by atoms with Crippen molar-refractivity contribution in [2.75, 3.05) is 0 Å². The number of carbonyl (C=O) groups excluding carboxylic acids is 1. The molecule has 1 spiro atoms. The van der Waals surface area contributed by atoms with Gasteiger partial charge < -0.3 is 4.79 Å². The van der Waals surface area contributed by atoms with E-state index in [2.05, 4.69) is 41.5 Å². The van der Waals surface area contributed by atoms with Gasteiger partial charge in [-0.05, 0) is 60.2 Å². The highest BCUT2D eigenvalue weighted by atomic mass is 16.1. The third kappa shape index (κ3) is 2.46. The second kappa shape index (κ2) is 4.58. The SMILES string of the molecule is CC(=O)CC1C(C)(C)CCCC12CC(C)(C)C(C)(C)C2. The predicted molar refractivity (Wildman–Crippen MR) is 85.6 cm³/mol. The topological polar surface area (TPSA) is 17.1 Å². The number of hydrogen-bond donors (Lipinski definition) is 0. The molecular weight excluding hydrogens is 244 g/mol. The molecule has 2 fully saturated rings. The summed E-state index contributed by atoms with van der Waals surface area (Å²) in [6.45, 7) is 16.3. The number of ketones is 1. The predicted octanol–water partition coefficient (Wildman–Crippen LogP) is 5.62. The first-order chi connectivity index (χ1) is 8.92. The first-order valence-corrected chi connectivity index (χ1v) is 8.41. The van der Waals surface area contributed by atoms with Crippen LogP contribution in [0.25, 0.3) is 0 Å². The lowest BCUT2D eigenvalue weighted by Crippen LogP contribution is -2.44. The van der Waals surface area contributed by atoms with Gasteiger partial charge in [-0.15, -0.1) is 0 Å². The highest BCUT2D eigenvalue weighted by molar-refractivity contribution is 5.76. The molecule has 2 aliphatic rings. The van der Waals surface area contributed by atoms with E-state index in [1.165, 1.54) is 32.1 Å². The first-order valence-electron chi connectivity index (χ1n) is 8.41. The minimum Gasteiger partial charge on any atom is -0.300 e. The number of rotatable bonds is 2. The molecule has 1 heteroatoms. The second-order valence-electron chi connectivity index (χ2n) is 9.78. The van der Waals surface area contributed by atoms with Crippen molar-refractivity contribution in [3.63, 3.8) is 0 Å². The molecule has 0 N–H and O–H groups in total. The van der Waals surface area contributed by atoms with Gasteiger partial charge in [0.25, 0.3) is 0 Å². The summed E-state index contributed by atoms with van der Waals surface area (Å²) in [6.07, 6.45) is 7.35. The fraction of sp³-hybridized carbons (Fsp3) is 0.947. The zero-order valence-electron chi connectivity index (χ0n) is 14.7. The average molecular weight is 278 g/mol. The van der Waals surface area contributed by atoms with Gasteiger partial charge in [0.15, 0.2) is 0 Å². The Morgan fingerprint density at radius 3 is 1.90 bits per heavy atom. The van der Waals surface area contributed by atoms with Gasteiger partial charge in [-0.3, -0.25) is 0 Å². The minimum atomic E-state index is 0.320. The van der Waals surface area contributed by atoms with Gasteiger partial charge in [-0.2, -0.15) is 0 Å². The molecule has 2 saturated carbocycles. The highest BCUT2D eigenvalue weighted by Gasteiger charge is 2.60. The summed E-state index contributed by atoms with van der Waals surface area (Å²) in [7, 11) is 0. The Morgan fingerprint density at radius 1 is 0.950 bits per heavy atom. The molecule has 1 nitrogen and oxygen atoms in total. The Morgan fingerprint density at radius 2 is 1.45 bits per heavy atom. The van der Waals surface area contributed by atoms with E-state index in [-0.39, 0.29) is 0 Å². The Kier molecular flexibility index (Phi) is 3.68. The van der Waals surface area contributed by atoms with E-state index in [4.69, 9.17) is 0 Å². The smallest absolute Gasteiger partial charge is 0.130 e. The average Bonchev–Trinajstić information content (AvgIpc) is 2.39.